The monoisotopic (exact) mass is 508 g/mol. The summed E-state index contributed by atoms with van der Waals surface area (Å²) in [4.78, 5) is 43.9. The molecule has 3 aromatic carbocycles. The number of rotatable bonds is 5. The Morgan fingerprint density at radius 3 is 2.50 bits per heavy atom. The molecule has 0 aliphatic carbocycles. The van der Waals surface area contributed by atoms with Gasteiger partial charge in [0.25, 0.3) is 0 Å². The second-order valence-corrected chi connectivity index (χ2v) is 11.0. The molecule has 1 fully saturated rings. The van der Waals surface area contributed by atoms with E-state index in [1.165, 1.54) is 19.1 Å². The Morgan fingerprint density at radius 2 is 1.79 bits per heavy atom. The molecule has 192 valence electrons. The molecular weight excluding hydrogens is 479 g/mol. The maximum Gasteiger partial charge on any atom is 0.238 e. The van der Waals surface area contributed by atoms with Crippen molar-refractivity contribution in [1.29, 1.82) is 0 Å². The number of nitrogens with one attached hydrogen (secondary N) is 1. The fraction of sp³-hybridized carbons (Fsp3) is 0.281. The summed E-state index contributed by atoms with van der Waals surface area (Å²) in [6, 6.07) is 17.8. The fourth-order valence-electron chi connectivity index (χ4n) is 6.76. The number of fused-ring (bicyclic) bond motifs is 6. The molecule has 0 aromatic heterocycles. The number of hydrogen-bond acceptors (Lipinski definition) is 4. The number of amides is 1. The lowest BCUT2D eigenvalue weighted by Gasteiger charge is -2.37. The molecule has 6 heteroatoms. The lowest BCUT2D eigenvalue weighted by Crippen LogP contribution is -2.51. The Morgan fingerprint density at radius 1 is 1.05 bits per heavy atom. The number of para-hydroxylation sites is 1. The van der Waals surface area contributed by atoms with Crippen LogP contribution in [0.4, 0.5) is 15.8 Å². The van der Waals surface area contributed by atoms with Crippen molar-refractivity contribution in [2.45, 2.75) is 44.7 Å². The van der Waals surface area contributed by atoms with E-state index in [-0.39, 0.29) is 17.5 Å². The molecule has 3 aliphatic heterocycles. The van der Waals surface area contributed by atoms with Gasteiger partial charge in [0, 0.05) is 22.5 Å². The van der Waals surface area contributed by atoms with Crippen LogP contribution in [-0.2, 0) is 21.4 Å². The Kier molecular flexibility index (Phi) is 5.60. The van der Waals surface area contributed by atoms with Gasteiger partial charge in [0.1, 0.15) is 11.2 Å². The summed E-state index contributed by atoms with van der Waals surface area (Å²) < 4.78 is 14.1. The lowest BCUT2D eigenvalue weighted by atomic mass is 9.64. The minimum absolute atomic E-state index is 0.218. The van der Waals surface area contributed by atoms with Crippen molar-refractivity contribution >= 4 is 34.9 Å². The molecule has 5 nitrogen and oxygen atoms in total. The highest BCUT2D eigenvalue weighted by Gasteiger charge is 2.69. The molecule has 0 radical (unpaired) electrons. The van der Waals surface area contributed by atoms with Gasteiger partial charge < -0.3 is 10.2 Å². The number of ketones is 2. The van der Waals surface area contributed by atoms with Crippen LogP contribution in [0.3, 0.4) is 0 Å². The van der Waals surface area contributed by atoms with Crippen molar-refractivity contribution in [3.05, 3.63) is 101 Å². The number of Topliss-reactive ketones (excluding diaryl/α,β-unsaturated/α-hetero) is 2. The van der Waals surface area contributed by atoms with Crippen molar-refractivity contribution in [2.75, 3.05) is 10.2 Å². The fourth-order valence-corrected chi connectivity index (χ4v) is 6.76. The van der Waals surface area contributed by atoms with E-state index in [2.05, 4.69) is 19.2 Å². The first kappa shape index (κ1) is 24.3. The van der Waals surface area contributed by atoms with Gasteiger partial charge in [-0.15, -0.1) is 0 Å². The zero-order valence-electron chi connectivity index (χ0n) is 21.6. The molecular formula is C32H29FN2O3. The van der Waals surface area contributed by atoms with E-state index < -0.39 is 29.2 Å². The highest BCUT2D eigenvalue weighted by atomic mass is 19.1. The zero-order chi connectivity index (χ0) is 26.8. The Labute approximate surface area is 221 Å². The summed E-state index contributed by atoms with van der Waals surface area (Å²) in [5.74, 6) is -1.67. The quantitative estimate of drug-likeness (QED) is 0.457. The highest BCUT2D eigenvalue weighted by molar-refractivity contribution is 6.16. The van der Waals surface area contributed by atoms with Gasteiger partial charge in [0.05, 0.1) is 18.0 Å². The van der Waals surface area contributed by atoms with Crippen molar-refractivity contribution in [3.63, 3.8) is 0 Å². The second-order valence-electron chi connectivity index (χ2n) is 11.0. The first-order valence-corrected chi connectivity index (χ1v) is 13.0. The molecule has 0 bridgehead atoms. The van der Waals surface area contributed by atoms with Crippen LogP contribution in [0.15, 0.2) is 72.8 Å². The molecule has 3 aromatic rings. The Bertz CT molecular complexity index is 1510. The normalized spacial score (nSPS) is 24.8. The topological polar surface area (TPSA) is 66.5 Å². The van der Waals surface area contributed by atoms with Gasteiger partial charge in [-0.3, -0.25) is 14.4 Å². The van der Waals surface area contributed by atoms with E-state index in [0.717, 1.165) is 12.0 Å². The third-order valence-electron chi connectivity index (χ3n) is 8.18. The number of anilines is 2. The van der Waals surface area contributed by atoms with E-state index in [4.69, 9.17) is 0 Å². The minimum Gasteiger partial charge on any atom is -0.352 e. The van der Waals surface area contributed by atoms with Gasteiger partial charge in [0.2, 0.25) is 5.91 Å². The van der Waals surface area contributed by atoms with E-state index >= 15 is 0 Å². The molecule has 1 saturated heterocycles. The van der Waals surface area contributed by atoms with Crippen LogP contribution in [0.2, 0.25) is 0 Å². The third kappa shape index (κ3) is 3.39. The van der Waals surface area contributed by atoms with E-state index in [0.29, 0.717) is 34.0 Å². The van der Waals surface area contributed by atoms with Gasteiger partial charge in [-0.25, -0.2) is 4.39 Å². The van der Waals surface area contributed by atoms with Gasteiger partial charge >= 0.3 is 0 Å². The molecule has 4 atom stereocenters. The summed E-state index contributed by atoms with van der Waals surface area (Å²) in [6.45, 7) is 5.75. The van der Waals surface area contributed by atoms with E-state index in [1.54, 1.807) is 24.3 Å². The second kappa shape index (κ2) is 8.76. The molecule has 6 rings (SSSR count). The molecule has 1 spiro atoms. The maximum absolute atomic E-state index is 14.5. The third-order valence-corrected chi connectivity index (χ3v) is 8.18. The molecule has 3 aliphatic rings. The minimum atomic E-state index is -1.33. The van der Waals surface area contributed by atoms with Crippen LogP contribution in [0.1, 0.15) is 47.8 Å². The first-order valence-electron chi connectivity index (χ1n) is 13.0. The average molecular weight is 509 g/mol. The van der Waals surface area contributed by atoms with Crippen LogP contribution in [0.25, 0.3) is 6.08 Å². The smallest absolute Gasteiger partial charge is 0.238 e. The maximum atomic E-state index is 14.5. The predicted molar refractivity (Wildman–Crippen MR) is 146 cm³/mol. The predicted octanol–water partition coefficient (Wildman–Crippen LogP) is 5.59. The van der Waals surface area contributed by atoms with E-state index in [9.17, 15) is 18.8 Å². The number of carbonyl (C=O) groups is 3. The number of carbonyl (C=O) groups excluding carboxylic acids is 3. The van der Waals surface area contributed by atoms with Crippen molar-refractivity contribution in [3.8, 4) is 0 Å². The van der Waals surface area contributed by atoms with Crippen LogP contribution in [-0.4, -0.2) is 29.6 Å². The number of halogens is 1. The van der Waals surface area contributed by atoms with E-state index in [1.807, 2.05) is 47.4 Å². The largest absolute Gasteiger partial charge is 0.352 e. The standard InChI is InChI=1S/C32H29FN2O3/c1-18(2)16-20-8-10-21(11-9-20)30(37)28-29(19(3)36)35-26-14-13-23(33)17-22(26)12-15-27(35)32(28)24-6-4-5-7-25(24)34-31(32)38/h4-15,17-18,27-29H,16H2,1-3H3,(H,34,38)/t27-,28+,29+,32+/m0/s1. The average Bonchev–Trinajstić information content (AvgIpc) is 3.36. The Balaban J connectivity index is 1.58. The van der Waals surface area contributed by atoms with Gasteiger partial charge in [-0.05, 0) is 54.7 Å². The zero-order valence-corrected chi connectivity index (χ0v) is 21.6. The molecule has 3 heterocycles. The van der Waals surface area contributed by atoms with Crippen molar-refractivity contribution in [2.24, 2.45) is 11.8 Å². The van der Waals surface area contributed by atoms with Gasteiger partial charge in [-0.1, -0.05) is 68.5 Å². The first-order chi connectivity index (χ1) is 18.2. The summed E-state index contributed by atoms with van der Waals surface area (Å²) in [7, 11) is 0. The van der Waals surface area contributed by atoms with Crippen molar-refractivity contribution in [1.82, 2.24) is 0 Å². The summed E-state index contributed by atoms with van der Waals surface area (Å²) >= 11 is 0. The lowest BCUT2D eigenvalue weighted by molar-refractivity contribution is -0.122. The van der Waals surface area contributed by atoms with Crippen LogP contribution < -0.4 is 10.2 Å². The number of benzene rings is 3. The Hall–Kier alpha value is -4.06. The van der Waals surface area contributed by atoms with Gasteiger partial charge in [-0.2, -0.15) is 0 Å². The molecule has 1 N–H and O–H groups in total. The van der Waals surface area contributed by atoms with Crippen LogP contribution in [0.5, 0.6) is 0 Å². The summed E-state index contributed by atoms with van der Waals surface area (Å²) in [6.07, 6.45) is 4.53. The number of nitrogens with zero attached hydrogens (tertiary/aromatic N) is 1. The summed E-state index contributed by atoms with van der Waals surface area (Å²) in [5.41, 5.74) is 2.86. The van der Waals surface area contributed by atoms with Crippen molar-refractivity contribution < 1.29 is 18.8 Å². The highest BCUT2D eigenvalue weighted by Crippen LogP contribution is 2.57. The molecule has 1 amide bonds. The molecule has 0 saturated carbocycles. The van der Waals surface area contributed by atoms with Gasteiger partial charge in [0.15, 0.2) is 11.6 Å². The van der Waals surface area contributed by atoms with Crippen LogP contribution >= 0.6 is 0 Å². The van der Waals surface area contributed by atoms with Crippen LogP contribution in [0, 0.1) is 17.7 Å². The number of hydrogen-bond donors (Lipinski definition) is 1. The SMILES string of the molecule is CC(=O)[C@@H]1[C@H](C(=O)c2ccc(CC(C)C)cc2)[C@]2(C(=O)Nc3ccccc32)[C@@H]2C=Cc3cc(F)ccc3N12. The molecule has 38 heavy (non-hydrogen) atoms. The molecule has 0 unspecified atom stereocenters. The summed E-state index contributed by atoms with van der Waals surface area (Å²) in [5, 5.41) is 3.00.